The average Bonchev–Trinajstić information content (AvgIpc) is 2.49. The molecule has 3 nitrogen and oxygen atoms in total. The van der Waals surface area contributed by atoms with Gasteiger partial charge in [0.15, 0.2) is 0 Å². The maximum absolute atomic E-state index is 5.50. The highest BCUT2D eigenvalue weighted by Crippen LogP contribution is 2.37. The van der Waals surface area contributed by atoms with Crippen molar-refractivity contribution in [1.82, 2.24) is 5.32 Å². The van der Waals surface area contributed by atoms with E-state index in [1.54, 1.807) is 14.2 Å². The molecule has 0 heterocycles. The topological polar surface area (TPSA) is 30.5 Å². The van der Waals surface area contributed by atoms with Gasteiger partial charge in [-0.25, -0.2) is 0 Å². The second-order valence-electron chi connectivity index (χ2n) is 4.71. The van der Waals surface area contributed by atoms with E-state index in [0.29, 0.717) is 0 Å². The number of ether oxygens (including phenoxy) is 2. The zero-order valence-electron chi connectivity index (χ0n) is 12.4. The van der Waals surface area contributed by atoms with Crippen LogP contribution in [0.2, 0.25) is 0 Å². The molecule has 1 unspecified atom stereocenters. The summed E-state index contributed by atoms with van der Waals surface area (Å²) < 4.78 is 11.0. The van der Waals surface area contributed by atoms with Gasteiger partial charge in [0.05, 0.1) is 25.8 Å². The Hall–Kier alpha value is -2.00. The quantitative estimate of drug-likeness (QED) is 0.905. The summed E-state index contributed by atoms with van der Waals surface area (Å²) in [7, 11) is 5.30. The van der Waals surface area contributed by atoms with Crippen LogP contribution < -0.4 is 14.8 Å². The fourth-order valence-electron chi connectivity index (χ4n) is 2.40. The first-order valence-corrected chi connectivity index (χ1v) is 6.66. The molecule has 0 radical (unpaired) electrons. The molecule has 0 amide bonds. The minimum atomic E-state index is 0.0294. The van der Waals surface area contributed by atoms with E-state index in [-0.39, 0.29) is 6.04 Å². The Morgan fingerprint density at radius 2 is 1.45 bits per heavy atom. The standard InChI is InChI=1S/C17H21NO2/c1-12-8-10-13(11-9-12)17(18-2)16-14(19-3)6-5-7-15(16)20-4/h5-11,17-18H,1-4H3. The maximum atomic E-state index is 5.50. The monoisotopic (exact) mass is 271 g/mol. The molecule has 0 spiro atoms. The van der Waals surface area contributed by atoms with Crippen molar-refractivity contribution >= 4 is 0 Å². The van der Waals surface area contributed by atoms with Gasteiger partial charge in [0.25, 0.3) is 0 Å². The summed E-state index contributed by atoms with van der Waals surface area (Å²) in [5.41, 5.74) is 3.44. The Balaban J connectivity index is 2.53. The van der Waals surface area contributed by atoms with Gasteiger partial charge >= 0.3 is 0 Å². The lowest BCUT2D eigenvalue weighted by molar-refractivity contribution is 0.379. The van der Waals surface area contributed by atoms with Crippen LogP contribution in [0.25, 0.3) is 0 Å². The molecule has 1 N–H and O–H groups in total. The average molecular weight is 271 g/mol. The van der Waals surface area contributed by atoms with Crippen LogP contribution in [0.15, 0.2) is 42.5 Å². The highest BCUT2D eigenvalue weighted by Gasteiger charge is 2.20. The third kappa shape index (κ3) is 2.78. The predicted molar refractivity (Wildman–Crippen MR) is 81.6 cm³/mol. The molecule has 3 heteroatoms. The first-order valence-electron chi connectivity index (χ1n) is 6.66. The number of hydrogen-bond donors (Lipinski definition) is 1. The van der Waals surface area contributed by atoms with Gasteiger partial charge in [-0.3, -0.25) is 0 Å². The van der Waals surface area contributed by atoms with E-state index in [9.17, 15) is 0 Å². The van der Waals surface area contributed by atoms with Crippen molar-refractivity contribution in [3.05, 3.63) is 59.2 Å². The van der Waals surface area contributed by atoms with Gasteiger partial charge in [-0.2, -0.15) is 0 Å². The fourth-order valence-corrected chi connectivity index (χ4v) is 2.40. The Morgan fingerprint density at radius 3 is 1.90 bits per heavy atom. The Labute approximate surface area is 120 Å². The summed E-state index contributed by atoms with van der Waals surface area (Å²) in [6.07, 6.45) is 0. The minimum absolute atomic E-state index is 0.0294. The Kier molecular flexibility index (Phi) is 4.64. The summed E-state index contributed by atoms with van der Waals surface area (Å²) >= 11 is 0. The first-order chi connectivity index (χ1) is 9.71. The molecular weight excluding hydrogens is 250 g/mol. The Bertz CT molecular complexity index is 541. The number of nitrogens with one attached hydrogen (secondary N) is 1. The van der Waals surface area contributed by atoms with E-state index in [1.807, 2.05) is 25.2 Å². The lowest BCUT2D eigenvalue weighted by atomic mass is 9.96. The van der Waals surface area contributed by atoms with Gasteiger partial charge in [0.1, 0.15) is 11.5 Å². The predicted octanol–water partition coefficient (Wildman–Crippen LogP) is 3.32. The van der Waals surface area contributed by atoms with Crippen molar-refractivity contribution in [1.29, 1.82) is 0 Å². The fraction of sp³-hybridized carbons (Fsp3) is 0.294. The summed E-state index contributed by atoms with van der Waals surface area (Å²) in [5, 5.41) is 3.34. The SMILES string of the molecule is CNC(c1ccc(C)cc1)c1c(OC)cccc1OC. The molecule has 0 saturated heterocycles. The number of benzene rings is 2. The van der Waals surface area contributed by atoms with Crippen LogP contribution in [-0.4, -0.2) is 21.3 Å². The molecule has 2 aromatic rings. The van der Waals surface area contributed by atoms with E-state index in [4.69, 9.17) is 9.47 Å². The minimum Gasteiger partial charge on any atom is -0.496 e. The zero-order valence-corrected chi connectivity index (χ0v) is 12.4. The van der Waals surface area contributed by atoms with Gasteiger partial charge in [-0.1, -0.05) is 35.9 Å². The van der Waals surface area contributed by atoms with Gasteiger partial charge in [-0.15, -0.1) is 0 Å². The van der Waals surface area contributed by atoms with Crippen molar-refractivity contribution in [3.63, 3.8) is 0 Å². The summed E-state index contributed by atoms with van der Waals surface area (Å²) in [6.45, 7) is 2.09. The molecule has 0 aliphatic heterocycles. The maximum Gasteiger partial charge on any atom is 0.127 e. The van der Waals surface area contributed by atoms with Gasteiger partial charge in [0, 0.05) is 0 Å². The van der Waals surface area contributed by atoms with E-state index in [2.05, 4.69) is 36.5 Å². The Morgan fingerprint density at radius 1 is 0.900 bits per heavy atom. The van der Waals surface area contributed by atoms with Gasteiger partial charge in [-0.05, 0) is 31.7 Å². The summed E-state index contributed by atoms with van der Waals surface area (Å²) in [4.78, 5) is 0. The normalized spacial score (nSPS) is 12.0. The molecule has 0 aromatic heterocycles. The molecule has 2 rings (SSSR count). The summed E-state index contributed by atoms with van der Waals surface area (Å²) in [6, 6.07) is 14.4. The van der Waals surface area contributed by atoms with E-state index in [0.717, 1.165) is 17.1 Å². The number of rotatable bonds is 5. The zero-order chi connectivity index (χ0) is 14.5. The highest BCUT2D eigenvalue weighted by molar-refractivity contribution is 5.50. The number of methoxy groups -OCH3 is 2. The molecule has 0 saturated carbocycles. The van der Waals surface area contributed by atoms with Crippen LogP contribution in [0.5, 0.6) is 11.5 Å². The van der Waals surface area contributed by atoms with Crippen LogP contribution in [0, 0.1) is 6.92 Å². The molecule has 1 atom stereocenters. The van der Waals surface area contributed by atoms with Crippen LogP contribution in [0.1, 0.15) is 22.7 Å². The van der Waals surface area contributed by atoms with Crippen LogP contribution in [-0.2, 0) is 0 Å². The molecular formula is C17H21NO2. The first kappa shape index (κ1) is 14.4. The molecule has 0 aliphatic rings. The lowest BCUT2D eigenvalue weighted by Crippen LogP contribution is -2.19. The van der Waals surface area contributed by atoms with Gasteiger partial charge < -0.3 is 14.8 Å². The van der Waals surface area contributed by atoms with Crippen LogP contribution in [0.3, 0.4) is 0 Å². The second kappa shape index (κ2) is 6.44. The third-order valence-electron chi connectivity index (χ3n) is 3.45. The largest absolute Gasteiger partial charge is 0.496 e. The smallest absolute Gasteiger partial charge is 0.127 e. The number of hydrogen-bond acceptors (Lipinski definition) is 3. The van der Waals surface area contributed by atoms with E-state index in [1.165, 1.54) is 11.1 Å². The highest BCUT2D eigenvalue weighted by atomic mass is 16.5. The third-order valence-corrected chi connectivity index (χ3v) is 3.45. The molecule has 0 aliphatic carbocycles. The van der Waals surface area contributed by atoms with Crippen LogP contribution >= 0.6 is 0 Å². The molecule has 20 heavy (non-hydrogen) atoms. The summed E-state index contributed by atoms with van der Waals surface area (Å²) in [5.74, 6) is 1.65. The van der Waals surface area contributed by atoms with Crippen molar-refractivity contribution in [2.24, 2.45) is 0 Å². The van der Waals surface area contributed by atoms with E-state index < -0.39 is 0 Å². The van der Waals surface area contributed by atoms with Crippen molar-refractivity contribution in [2.45, 2.75) is 13.0 Å². The lowest BCUT2D eigenvalue weighted by Gasteiger charge is -2.22. The number of aryl methyl sites for hydroxylation is 1. The molecule has 106 valence electrons. The van der Waals surface area contributed by atoms with Crippen molar-refractivity contribution in [3.8, 4) is 11.5 Å². The van der Waals surface area contributed by atoms with Crippen molar-refractivity contribution in [2.75, 3.05) is 21.3 Å². The molecule has 2 aromatic carbocycles. The van der Waals surface area contributed by atoms with E-state index >= 15 is 0 Å². The second-order valence-corrected chi connectivity index (χ2v) is 4.71. The van der Waals surface area contributed by atoms with Crippen molar-refractivity contribution < 1.29 is 9.47 Å². The van der Waals surface area contributed by atoms with Crippen LogP contribution in [0.4, 0.5) is 0 Å². The van der Waals surface area contributed by atoms with Gasteiger partial charge in [0.2, 0.25) is 0 Å². The molecule has 0 bridgehead atoms. The molecule has 0 fully saturated rings.